The van der Waals surface area contributed by atoms with E-state index >= 15 is 0 Å². The average molecular weight is 191 g/mol. The third-order valence-electron chi connectivity index (χ3n) is 2.22. The van der Waals surface area contributed by atoms with E-state index in [4.69, 9.17) is 4.42 Å². The lowest BCUT2D eigenvalue weighted by molar-refractivity contribution is 0.514. The van der Waals surface area contributed by atoms with Crippen molar-refractivity contribution in [1.29, 1.82) is 0 Å². The molecule has 0 aliphatic heterocycles. The fraction of sp³-hybridized carbons (Fsp3) is 0.300. The number of aryl methyl sites for hydroxylation is 2. The van der Waals surface area contributed by atoms with Gasteiger partial charge in [-0.1, -0.05) is 0 Å². The van der Waals surface area contributed by atoms with Crippen molar-refractivity contribution >= 4 is 5.82 Å². The molecule has 0 fully saturated rings. The Balaban J connectivity index is 2.02. The summed E-state index contributed by atoms with van der Waals surface area (Å²) >= 11 is 0. The number of anilines is 1. The van der Waals surface area contributed by atoms with Crippen LogP contribution in [0, 0.1) is 6.92 Å². The molecule has 0 bridgehead atoms. The summed E-state index contributed by atoms with van der Waals surface area (Å²) in [7, 11) is 1.90. The third kappa shape index (κ3) is 1.64. The zero-order chi connectivity index (χ0) is 9.97. The molecule has 1 N–H and O–H groups in total. The average Bonchev–Trinajstić information content (AvgIpc) is 2.72. The first-order chi connectivity index (χ1) is 6.77. The van der Waals surface area contributed by atoms with Crippen molar-refractivity contribution in [2.45, 2.75) is 13.5 Å². The van der Waals surface area contributed by atoms with Gasteiger partial charge in [0.25, 0.3) is 0 Å². The number of hydrogen-bond donors (Lipinski definition) is 1. The molecule has 0 aliphatic rings. The molecule has 0 spiro atoms. The van der Waals surface area contributed by atoms with Crippen LogP contribution in [0.4, 0.5) is 5.82 Å². The number of hydrogen-bond acceptors (Lipinski definition) is 3. The highest BCUT2D eigenvalue weighted by Gasteiger charge is 2.02. The van der Waals surface area contributed by atoms with Gasteiger partial charge < -0.3 is 9.73 Å². The second-order valence-corrected chi connectivity index (χ2v) is 3.22. The number of nitrogens with zero attached hydrogens (tertiary/aromatic N) is 2. The normalized spacial score (nSPS) is 10.4. The highest BCUT2D eigenvalue weighted by atomic mass is 16.3. The Morgan fingerprint density at radius 2 is 2.36 bits per heavy atom. The highest BCUT2D eigenvalue weighted by molar-refractivity contribution is 5.34. The van der Waals surface area contributed by atoms with E-state index in [1.54, 1.807) is 17.1 Å². The van der Waals surface area contributed by atoms with E-state index in [-0.39, 0.29) is 0 Å². The van der Waals surface area contributed by atoms with Gasteiger partial charge >= 0.3 is 0 Å². The van der Waals surface area contributed by atoms with Gasteiger partial charge in [-0.3, -0.25) is 4.68 Å². The summed E-state index contributed by atoms with van der Waals surface area (Å²) in [6, 6.07) is 3.89. The second-order valence-electron chi connectivity index (χ2n) is 3.22. The highest BCUT2D eigenvalue weighted by Crippen LogP contribution is 2.11. The second kappa shape index (κ2) is 3.57. The molecule has 0 unspecified atom stereocenters. The van der Waals surface area contributed by atoms with Crippen LogP contribution in [0.25, 0.3) is 0 Å². The first-order valence-electron chi connectivity index (χ1n) is 4.52. The minimum Gasteiger partial charge on any atom is -0.467 e. The van der Waals surface area contributed by atoms with E-state index in [1.807, 2.05) is 26.1 Å². The Hall–Kier alpha value is -1.71. The molecule has 2 aromatic rings. The minimum absolute atomic E-state index is 0.693. The molecule has 4 heteroatoms. The standard InChI is InChI=1S/C10H13N3O/c1-8-4-6-14-9(8)7-11-10-3-5-12-13(10)2/h3-6,11H,7H2,1-2H3. The molecule has 0 aliphatic carbocycles. The molecule has 0 aromatic carbocycles. The Morgan fingerprint density at radius 3 is 2.93 bits per heavy atom. The van der Waals surface area contributed by atoms with Crippen molar-refractivity contribution in [1.82, 2.24) is 9.78 Å². The molecule has 0 saturated heterocycles. The van der Waals surface area contributed by atoms with Crippen LogP contribution in [0.15, 0.2) is 29.0 Å². The number of rotatable bonds is 3. The Kier molecular flexibility index (Phi) is 2.26. The Labute approximate surface area is 82.5 Å². The van der Waals surface area contributed by atoms with Crippen molar-refractivity contribution in [2.75, 3.05) is 5.32 Å². The number of furan rings is 1. The Bertz CT molecular complexity index is 376. The van der Waals surface area contributed by atoms with Gasteiger partial charge in [0, 0.05) is 13.1 Å². The lowest BCUT2D eigenvalue weighted by atomic mass is 10.3. The van der Waals surface area contributed by atoms with Crippen LogP contribution in [0.5, 0.6) is 0 Å². The largest absolute Gasteiger partial charge is 0.467 e. The van der Waals surface area contributed by atoms with Gasteiger partial charge in [0.05, 0.1) is 19.0 Å². The Morgan fingerprint density at radius 1 is 1.50 bits per heavy atom. The molecule has 74 valence electrons. The predicted octanol–water partition coefficient (Wildman–Crippen LogP) is 1.93. The van der Waals surface area contributed by atoms with Gasteiger partial charge in [-0.05, 0) is 18.6 Å². The van der Waals surface area contributed by atoms with Gasteiger partial charge in [-0.25, -0.2) is 0 Å². The fourth-order valence-electron chi connectivity index (χ4n) is 1.30. The van der Waals surface area contributed by atoms with Gasteiger partial charge in [0.2, 0.25) is 0 Å². The summed E-state index contributed by atoms with van der Waals surface area (Å²) in [6.45, 7) is 2.72. The molecule has 2 heterocycles. The van der Waals surface area contributed by atoms with E-state index in [9.17, 15) is 0 Å². The van der Waals surface area contributed by atoms with Crippen molar-refractivity contribution in [2.24, 2.45) is 7.05 Å². The predicted molar refractivity (Wildman–Crippen MR) is 54.0 cm³/mol. The number of aromatic nitrogens is 2. The molecule has 2 rings (SSSR count). The molecule has 0 saturated carbocycles. The summed E-state index contributed by atoms with van der Waals surface area (Å²) in [6.07, 6.45) is 3.47. The summed E-state index contributed by atoms with van der Waals surface area (Å²) in [5, 5.41) is 7.31. The summed E-state index contributed by atoms with van der Waals surface area (Å²) in [4.78, 5) is 0. The van der Waals surface area contributed by atoms with E-state index in [2.05, 4.69) is 10.4 Å². The quantitative estimate of drug-likeness (QED) is 0.806. The lowest BCUT2D eigenvalue weighted by Gasteiger charge is -2.04. The van der Waals surface area contributed by atoms with Crippen molar-refractivity contribution in [3.63, 3.8) is 0 Å². The van der Waals surface area contributed by atoms with E-state index in [1.165, 1.54) is 5.56 Å². The zero-order valence-electron chi connectivity index (χ0n) is 8.32. The van der Waals surface area contributed by atoms with Crippen LogP contribution < -0.4 is 5.32 Å². The van der Waals surface area contributed by atoms with Crippen LogP contribution >= 0.6 is 0 Å². The fourth-order valence-corrected chi connectivity index (χ4v) is 1.30. The summed E-state index contributed by atoms with van der Waals surface area (Å²) < 4.78 is 7.10. The zero-order valence-corrected chi connectivity index (χ0v) is 8.32. The summed E-state index contributed by atoms with van der Waals surface area (Å²) in [5.41, 5.74) is 1.17. The van der Waals surface area contributed by atoms with Crippen LogP contribution in [-0.4, -0.2) is 9.78 Å². The van der Waals surface area contributed by atoms with Crippen LogP contribution in [0.2, 0.25) is 0 Å². The maximum absolute atomic E-state index is 5.31. The molecule has 0 atom stereocenters. The van der Waals surface area contributed by atoms with Gasteiger partial charge in [0.1, 0.15) is 11.6 Å². The third-order valence-corrected chi connectivity index (χ3v) is 2.22. The molecule has 4 nitrogen and oxygen atoms in total. The van der Waals surface area contributed by atoms with Crippen LogP contribution in [0.3, 0.4) is 0 Å². The maximum atomic E-state index is 5.31. The van der Waals surface area contributed by atoms with Gasteiger partial charge in [-0.2, -0.15) is 5.10 Å². The van der Waals surface area contributed by atoms with Crippen molar-refractivity contribution in [3.05, 3.63) is 35.9 Å². The topological polar surface area (TPSA) is 43.0 Å². The lowest BCUT2D eigenvalue weighted by Crippen LogP contribution is -2.04. The van der Waals surface area contributed by atoms with Crippen LogP contribution in [0.1, 0.15) is 11.3 Å². The monoisotopic (exact) mass is 191 g/mol. The molecule has 0 amide bonds. The summed E-state index contributed by atoms with van der Waals surface area (Å²) in [5.74, 6) is 1.95. The van der Waals surface area contributed by atoms with Gasteiger partial charge in [0.15, 0.2) is 0 Å². The maximum Gasteiger partial charge on any atom is 0.125 e. The number of nitrogens with one attached hydrogen (secondary N) is 1. The minimum atomic E-state index is 0.693. The molecular formula is C10H13N3O. The van der Waals surface area contributed by atoms with Gasteiger partial charge in [-0.15, -0.1) is 0 Å². The smallest absolute Gasteiger partial charge is 0.125 e. The molecule has 14 heavy (non-hydrogen) atoms. The first-order valence-corrected chi connectivity index (χ1v) is 4.52. The van der Waals surface area contributed by atoms with Crippen molar-refractivity contribution in [3.8, 4) is 0 Å². The SMILES string of the molecule is Cc1ccoc1CNc1ccnn1C. The van der Waals surface area contributed by atoms with E-state index < -0.39 is 0 Å². The molecule has 0 radical (unpaired) electrons. The van der Waals surface area contributed by atoms with E-state index in [0.717, 1.165) is 11.6 Å². The molecular weight excluding hydrogens is 178 g/mol. The first kappa shape index (κ1) is 8.87. The van der Waals surface area contributed by atoms with Crippen molar-refractivity contribution < 1.29 is 4.42 Å². The van der Waals surface area contributed by atoms with Crippen LogP contribution in [-0.2, 0) is 13.6 Å². The van der Waals surface area contributed by atoms with E-state index in [0.29, 0.717) is 6.54 Å². The molecule has 2 aromatic heterocycles.